The Balaban J connectivity index is 3.31. The van der Waals surface area contributed by atoms with Crippen molar-refractivity contribution < 1.29 is 4.48 Å². The van der Waals surface area contributed by atoms with E-state index in [-0.39, 0.29) is 0 Å². The third kappa shape index (κ3) is 31.9. The van der Waals surface area contributed by atoms with Gasteiger partial charge in [-0.05, 0) is 51.4 Å². The minimum atomic E-state index is 1.24. The van der Waals surface area contributed by atoms with Crippen LogP contribution in [0.5, 0.6) is 0 Å². The Morgan fingerprint density at radius 3 is 0.842 bits per heavy atom. The molecule has 0 bridgehead atoms. The van der Waals surface area contributed by atoms with Crippen LogP contribution in [0, 0.1) is 0 Å². The van der Waals surface area contributed by atoms with Crippen molar-refractivity contribution in [3.63, 3.8) is 0 Å². The summed E-state index contributed by atoms with van der Waals surface area (Å²) in [6.07, 6.45) is 46.5. The molecule has 38 heavy (non-hydrogen) atoms. The second-order valence-electron chi connectivity index (χ2n) is 13.3. The Kier molecular flexibility index (Phi) is 31.0. The summed E-state index contributed by atoms with van der Waals surface area (Å²) in [5, 5.41) is 0. The maximum Gasteiger partial charge on any atom is 0.0782 e. The third-order valence-corrected chi connectivity index (χ3v) is 8.64. The molecule has 0 aliphatic heterocycles. The highest BCUT2D eigenvalue weighted by Gasteiger charge is 2.13. The number of hydrogen-bond donors (Lipinski definition) is 0. The first-order valence-electron chi connectivity index (χ1n) is 18.1. The molecule has 0 rings (SSSR count). The minimum Gasteiger partial charge on any atom is -0.328 e. The number of allylic oxidation sites excluding steroid dienone is 2. The predicted octanol–water partition coefficient (Wildman–Crippen LogP) is 13.0. The largest absolute Gasteiger partial charge is 0.328 e. The van der Waals surface area contributed by atoms with Gasteiger partial charge in [0, 0.05) is 0 Å². The topological polar surface area (TPSA) is 0 Å². The Labute approximate surface area is 243 Å². The van der Waals surface area contributed by atoms with Gasteiger partial charge in [-0.15, -0.1) is 0 Å². The monoisotopic (exact) mass is 535 g/mol. The van der Waals surface area contributed by atoms with Crippen molar-refractivity contribution in [2.45, 2.75) is 200 Å². The molecule has 0 radical (unpaired) electrons. The van der Waals surface area contributed by atoms with E-state index in [0.29, 0.717) is 0 Å². The zero-order valence-corrected chi connectivity index (χ0v) is 27.5. The summed E-state index contributed by atoms with van der Waals surface area (Å²) >= 11 is 0. The normalized spacial score (nSPS) is 12.2. The summed E-state index contributed by atoms with van der Waals surface area (Å²) in [6, 6.07) is 0. The predicted molar refractivity (Wildman–Crippen MR) is 176 cm³/mol. The Morgan fingerprint density at radius 2 is 0.553 bits per heavy atom. The van der Waals surface area contributed by atoms with Crippen LogP contribution in [0.25, 0.3) is 0 Å². The molecule has 1 heteroatoms. The molecule has 0 aliphatic carbocycles. The summed E-state index contributed by atoms with van der Waals surface area (Å²) in [6.45, 7) is 7.36. The van der Waals surface area contributed by atoms with Crippen molar-refractivity contribution in [1.82, 2.24) is 0 Å². The van der Waals surface area contributed by atoms with Crippen LogP contribution < -0.4 is 0 Å². The van der Waals surface area contributed by atoms with Crippen molar-refractivity contribution in [3.05, 3.63) is 12.2 Å². The molecule has 0 amide bonds. The minimum absolute atomic E-state index is 1.24. The van der Waals surface area contributed by atoms with Gasteiger partial charge in [-0.1, -0.05) is 161 Å². The quantitative estimate of drug-likeness (QED) is 0.0457. The maximum absolute atomic E-state index is 2.46. The fourth-order valence-electron chi connectivity index (χ4n) is 5.81. The molecule has 0 atom stereocenters. The molecule has 228 valence electrons. The van der Waals surface area contributed by atoms with Crippen LogP contribution in [0.15, 0.2) is 12.2 Å². The average molecular weight is 535 g/mol. The smallest absolute Gasteiger partial charge is 0.0782 e. The summed E-state index contributed by atoms with van der Waals surface area (Å²) in [4.78, 5) is 0. The fourth-order valence-corrected chi connectivity index (χ4v) is 5.81. The van der Waals surface area contributed by atoms with Gasteiger partial charge in [0.2, 0.25) is 0 Å². The summed E-state index contributed by atoms with van der Waals surface area (Å²) < 4.78 is 1.24. The maximum atomic E-state index is 2.46. The average Bonchev–Trinajstić information content (AvgIpc) is 2.90. The van der Waals surface area contributed by atoms with Crippen molar-refractivity contribution in [2.75, 3.05) is 27.2 Å². The third-order valence-electron chi connectivity index (χ3n) is 8.64. The summed E-state index contributed by atoms with van der Waals surface area (Å²) in [7, 11) is 4.92. The lowest BCUT2D eigenvalue weighted by Gasteiger charge is -2.30. The highest BCUT2D eigenvalue weighted by molar-refractivity contribution is 4.81. The van der Waals surface area contributed by atoms with Gasteiger partial charge in [0.25, 0.3) is 0 Å². The van der Waals surface area contributed by atoms with Gasteiger partial charge in [-0.25, -0.2) is 0 Å². The number of hydrogen-bond acceptors (Lipinski definition) is 0. The Bertz CT molecular complexity index is 452. The zero-order valence-electron chi connectivity index (χ0n) is 27.5. The molecule has 0 aliphatic rings. The van der Waals surface area contributed by atoms with Crippen LogP contribution in [-0.4, -0.2) is 31.7 Å². The molecule has 0 spiro atoms. The number of unbranched alkanes of at least 4 members (excludes halogenated alkanes) is 26. The fraction of sp³-hybridized carbons (Fsp3) is 0.946. The molecule has 0 unspecified atom stereocenters. The lowest BCUT2D eigenvalue weighted by molar-refractivity contribution is -0.890. The van der Waals surface area contributed by atoms with E-state index < -0.39 is 0 Å². The lowest BCUT2D eigenvalue weighted by Crippen LogP contribution is -2.41. The SMILES string of the molecule is CCCCCCCC/C=C\CCCCCCCCC[N+](C)(C)CCCCCCCCCCCCCCCC. The number of quaternary nitrogens is 1. The van der Waals surface area contributed by atoms with Gasteiger partial charge in [0.1, 0.15) is 0 Å². The van der Waals surface area contributed by atoms with Crippen molar-refractivity contribution in [1.29, 1.82) is 0 Å². The van der Waals surface area contributed by atoms with E-state index in [1.165, 1.54) is 204 Å². The molecule has 0 aromatic carbocycles. The van der Waals surface area contributed by atoms with Gasteiger partial charge in [0.15, 0.2) is 0 Å². The second-order valence-corrected chi connectivity index (χ2v) is 13.3. The molecule has 0 aromatic rings. The van der Waals surface area contributed by atoms with Gasteiger partial charge >= 0.3 is 0 Å². The van der Waals surface area contributed by atoms with Gasteiger partial charge in [-0.2, -0.15) is 0 Å². The van der Waals surface area contributed by atoms with E-state index in [1.54, 1.807) is 0 Å². The molecule has 0 heterocycles. The Hall–Kier alpha value is -0.300. The second kappa shape index (κ2) is 31.2. The van der Waals surface area contributed by atoms with Crippen LogP contribution in [0.1, 0.15) is 200 Å². The number of nitrogens with zero attached hydrogens (tertiary/aromatic N) is 1. The van der Waals surface area contributed by atoms with Crippen LogP contribution in [0.2, 0.25) is 0 Å². The van der Waals surface area contributed by atoms with Crippen LogP contribution in [0.3, 0.4) is 0 Å². The van der Waals surface area contributed by atoms with Gasteiger partial charge in [0.05, 0.1) is 27.2 Å². The number of rotatable bonds is 32. The van der Waals surface area contributed by atoms with Crippen molar-refractivity contribution in [2.24, 2.45) is 0 Å². The van der Waals surface area contributed by atoms with E-state index in [1.807, 2.05) is 0 Å². The molecule has 0 aromatic heterocycles. The van der Waals surface area contributed by atoms with Crippen molar-refractivity contribution >= 4 is 0 Å². The van der Waals surface area contributed by atoms with E-state index in [2.05, 4.69) is 40.1 Å². The highest BCUT2D eigenvalue weighted by atomic mass is 15.3. The molecular formula is C37H76N+. The lowest BCUT2D eigenvalue weighted by atomic mass is 10.0. The summed E-state index contributed by atoms with van der Waals surface area (Å²) in [5.74, 6) is 0. The molecule has 0 saturated heterocycles. The Morgan fingerprint density at radius 1 is 0.316 bits per heavy atom. The van der Waals surface area contributed by atoms with E-state index >= 15 is 0 Å². The van der Waals surface area contributed by atoms with Crippen LogP contribution >= 0.6 is 0 Å². The highest BCUT2D eigenvalue weighted by Crippen LogP contribution is 2.15. The van der Waals surface area contributed by atoms with E-state index in [4.69, 9.17) is 0 Å². The molecule has 0 N–H and O–H groups in total. The molecule has 0 saturated carbocycles. The first-order chi connectivity index (χ1) is 18.6. The van der Waals surface area contributed by atoms with Gasteiger partial charge < -0.3 is 4.48 Å². The van der Waals surface area contributed by atoms with E-state index in [0.717, 1.165) is 0 Å². The van der Waals surface area contributed by atoms with Gasteiger partial charge in [-0.3, -0.25) is 0 Å². The standard InChI is InChI=1S/C37H76N/c1-5-7-9-11-13-15-17-19-21-22-23-25-27-29-31-33-35-37-38(3,4)36-34-32-30-28-26-24-20-18-16-14-12-10-8-6-2/h19,21H,5-18,20,22-37H2,1-4H3/q+1/b21-19-. The first-order valence-corrected chi connectivity index (χ1v) is 18.1. The van der Waals surface area contributed by atoms with E-state index in [9.17, 15) is 0 Å². The molecule has 1 nitrogen and oxygen atoms in total. The zero-order chi connectivity index (χ0) is 27.8. The van der Waals surface area contributed by atoms with Crippen LogP contribution in [-0.2, 0) is 0 Å². The first kappa shape index (κ1) is 37.7. The molecular weight excluding hydrogens is 458 g/mol. The van der Waals surface area contributed by atoms with Crippen LogP contribution in [0.4, 0.5) is 0 Å². The summed E-state index contributed by atoms with van der Waals surface area (Å²) in [5.41, 5.74) is 0. The van der Waals surface area contributed by atoms with Crippen molar-refractivity contribution in [3.8, 4) is 0 Å². The molecule has 0 fully saturated rings.